The number of hydrogen-bond acceptors (Lipinski definition) is 4. The standard InChI is InChI=1S/C15H23F2O4P/c1-13(2,3)19-22(18,20-14(4,5)6)21-15(16,17)12-10-8-7-9-11-12/h7-11H,1-6H3. The van der Waals surface area contributed by atoms with Crippen LogP contribution >= 0.6 is 7.82 Å². The number of phosphoric acid groups is 1. The average molecular weight is 336 g/mol. The summed E-state index contributed by atoms with van der Waals surface area (Å²) in [5.41, 5.74) is -2.38. The van der Waals surface area contributed by atoms with Crippen LogP contribution in [0.1, 0.15) is 47.1 Å². The smallest absolute Gasteiger partial charge is 0.281 e. The van der Waals surface area contributed by atoms with E-state index in [9.17, 15) is 13.3 Å². The minimum Gasteiger partial charge on any atom is -0.281 e. The van der Waals surface area contributed by atoms with Gasteiger partial charge in [0.05, 0.1) is 16.8 Å². The van der Waals surface area contributed by atoms with Crippen LogP contribution in [0.25, 0.3) is 0 Å². The lowest BCUT2D eigenvalue weighted by molar-refractivity contribution is -0.206. The van der Waals surface area contributed by atoms with Crippen molar-refractivity contribution in [1.29, 1.82) is 0 Å². The molecule has 0 bridgehead atoms. The Kier molecular flexibility index (Phi) is 5.56. The predicted molar refractivity (Wildman–Crippen MR) is 80.7 cm³/mol. The molecule has 1 aromatic rings. The topological polar surface area (TPSA) is 44.8 Å². The zero-order valence-corrected chi connectivity index (χ0v) is 14.6. The molecule has 4 nitrogen and oxygen atoms in total. The third-order valence-corrected chi connectivity index (χ3v) is 4.10. The molecule has 0 amide bonds. The Morgan fingerprint density at radius 2 is 1.23 bits per heavy atom. The van der Waals surface area contributed by atoms with Gasteiger partial charge in [0.15, 0.2) is 0 Å². The van der Waals surface area contributed by atoms with Gasteiger partial charge >= 0.3 is 13.9 Å². The SMILES string of the molecule is CC(C)(C)OP(=O)(OC(C)(C)C)OC(F)(F)c1ccccc1. The quantitative estimate of drug-likeness (QED) is 0.667. The van der Waals surface area contributed by atoms with Crippen molar-refractivity contribution in [3.8, 4) is 0 Å². The molecule has 0 fully saturated rings. The summed E-state index contributed by atoms with van der Waals surface area (Å²) in [6.45, 7) is 9.47. The van der Waals surface area contributed by atoms with Crippen molar-refractivity contribution in [3.05, 3.63) is 35.9 Å². The number of rotatable bonds is 5. The summed E-state index contributed by atoms with van der Waals surface area (Å²) in [5, 5.41) is 0. The summed E-state index contributed by atoms with van der Waals surface area (Å²) < 4.78 is 56.1. The van der Waals surface area contributed by atoms with Gasteiger partial charge in [0, 0.05) is 0 Å². The van der Waals surface area contributed by atoms with Gasteiger partial charge in [0.1, 0.15) is 0 Å². The van der Waals surface area contributed by atoms with Gasteiger partial charge in [-0.2, -0.15) is 8.78 Å². The highest BCUT2D eigenvalue weighted by atomic mass is 31.2. The molecule has 1 rings (SSSR count). The minimum absolute atomic E-state index is 0.426. The monoisotopic (exact) mass is 336 g/mol. The Bertz CT molecular complexity index is 513. The summed E-state index contributed by atoms with van der Waals surface area (Å²) >= 11 is 0. The molecule has 0 unspecified atom stereocenters. The molecule has 0 saturated carbocycles. The first kappa shape index (κ1) is 19.2. The molecule has 0 aromatic heterocycles. The number of alkyl halides is 2. The van der Waals surface area contributed by atoms with E-state index in [4.69, 9.17) is 9.05 Å². The lowest BCUT2D eigenvalue weighted by atomic mass is 10.2. The van der Waals surface area contributed by atoms with Gasteiger partial charge in [-0.1, -0.05) is 30.3 Å². The summed E-state index contributed by atoms with van der Waals surface area (Å²) in [7, 11) is -4.50. The molecule has 126 valence electrons. The molecule has 0 aliphatic rings. The molecule has 0 radical (unpaired) electrons. The van der Waals surface area contributed by atoms with Gasteiger partial charge in [-0.3, -0.25) is 9.05 Å². The molecule has 0 saturated heterocycles. The van der Waals surface area contributed by atoms with E-state index < -0.39 is 30.7 Å². The van der Waals surface area contributed by atoms with Crippen LogP contribution in [0.3, 0.4) is 0 Å². The lowest BCUT2D eigenvalue weighted by Gasteiger charge is -2.32. The van der Waals surface area contributed by atoms with Gasteiger partial charge < -0.3 is 0 Å². The fourth-order valence-electron chi connectivity index (χ4n) is 1.55. The van der Waals surface area contributed by atoms with Gasteiger partial charge in [-0.25, -0.2) is 9.09 Å². The highest BCUT2D eigenvalue weighted by Gasteiger charge is 2.47. The van der Waals surface area contributed by atoms with E-state index >= 15 is 0 Å². The van der Waals surface area contributed by atoms with Gasteiger partial charge in [0.25, 0.3) is 0 Å². The summed E-state index contributed by atoms with van der Waals surface area (Å²) in [4.78, 5) is 0. The number of halogens is 2. The lowest BCUT2D eigenvalue weighted by Crippen LogP contribution is -2.28. The molecule has 0 atom stereocenters. The van der Waals surface area contributed by atoms with Crippen LogP contribution < -0.4 is 0 Å². The fraction of sp³-hybridized carbons (Fsp3) is 0.600. The van der Waals surface area contributed by atoms with E-state index in [1.165, 1.54) is 24.3 Å². The van der Waals surface area contributed by atoms with Crippen molar-refractivity contribution in [3.63, 3.8) is 0 Å². The van der Waals surface area contributed by atoms with E-state index in [1.54, 1.807) is 47.6 Å². The first-order chi connectivity index (χ1) is 9.73. The van der Waals surface area contributed by atoms with Gasteiger partial charge in [0.2, 0.25) is 0 Å². The molecule has 7 heteroatoms. The third kappa shape index (κ3) is 6.53. The third-order valence-electron chi connectivity index (χ3n) is 2.11. The molecule has 0 N–H and O–H groups in total. The van der Waals surface area contributed by atoms with Crippen molar-refractivity contribution in [2.45, 2.75) is 58.9 Å². The number of phosphoric ester groups is 1. The fourth-order valence-corrected chi connectivity index (χ4v) is 3.39. The highest BCUT2D eigenvalue weighted by molar-refractivity contribution is 7.48. The van der Waals surface area contributed by atoms with Crippen LogP contribution in [0.5, 0.6) is 0 Å². The van der Waals surface area contributed by atoms with Crippen molar-refractivity contribution < 1.29 is 26.9 Å². The molecule has 1 aromatic carbocycles. The Balaban J connectivity index is 3.10. The van der Waals surface area contributed by atoms with Crippen molar-refractivity contribution in [2.75, 3.05) is 0 Å². The van der Waals surface area contributed by atoms with Crippen LogP contribution in [0.4, 0.5) is 8.78 Å². The molecule has 0 aliphatic heterocycles. The first-order valence-corrected chi connectivity index (χ1v) is 8.34. The highest BCUT2D eigenvalue weighted by Crippen LogP contribution is 2.60. The molecule has 22 heavy (non-hydrogen) atoms. The van der Waals surface area contributed by atoms with E-state index in [-0.39, 0.29) is 0 Å². The zero-order valence-electron chi connectivity index (χ0n) is 13.7. The summed E-state index contributed by atoms with van der Waals surface area (Å²) in [5.74, 6) is 0. The van der Waals surface area contributed by atoms with E-state index in [2.05, 4.69) is 4.52 Å². The molecule has 0 aliphatic carbocycles. The minimum atomic E-state index is -4.50. The maximum Gasteiger partial charge on any atom is 0.480 e. The van der Waals surface area contributed by atoms with E-state index in [1.807, 2.05) is 0 Å². The van der Waals surface area contributed by atoms with E-state index in [0.29, 0.717) is 0 Å². The second-order valence-corrected chi connectivity index (χ2v) is 8.27. The Morgan fingerprint density at radius 3 is 1.59 bits per heavy atom. The van der Waals surface area contributed by atoms with Crippen LogP contribution in [-0.4, -0.2) is 11.2 Å². The normalized spacial score (nSPS) is 14.2. The molecular formula is C15H23F2O4P. The van der Waals surface area contributed by atoms with Gasteiger partial charge in [-0.15, -0.1) is 0 Å². The first-order valence-electron chi connectivity index (χ1n) is 6.88. The molecular weight excluding hydrogens is 313 g/mol. The van der Waals surface area contributed by atoms with Crippen LogP contribution in [0.15, 0.2) is 30.3 Å². The Labute approximate surface area is 130 Å². The Morgan fingerprint density at radius 1 is 0.818 bits per heavy atom. The van der Waals surface area contributed by atoms with Crippen molar-refractivity contribution in [1.82, 2.24) is 0 Å². The van der Waals surface area contributed by atoms with Crippen LogP contribution in [0, 0.1) is 0 Å². The maximum atomic E-state index is 14.2. The maximum absolute atomic E-state index is 14.2. The summed E-state index contributed by atoms with van der Waals surface area (Å²) in [6, 6.07) is 6.83. The molecule has 0 heterocycles. The zero-order chi connectivity index (χ0) is 17.2. The average Bonchev–Trinajstić information content (AvgIpc) is 2.23. The molecule has 0 spiro atoms. The predicted octanol–water partition coefficient (Wildman–Crippen LogP) is 5.49. The second kappa shape index (κ2) is 6.36. The Hall–Kier alpha value is -0.810. The van der Waals surface area contributed by atoms with Crippen LogP contribution in [0.2, 0.25) is 0 Å². The second-order valence-electron chi connectivity index (χ2n) is 6.83. The van der Waals surface area contributed by atoms with Gasteiger partial charge in [-0.05, 0) is 41.5 Å². The summed E-state index contributed by atoms with van der Waals surface area (Å²) in [6.07, 6.45) is -3.80. The van der Waals surface area contributed by atoms with Crippen molar-refractivity contribution >= 4 is 7.82 Å². The largest absolute Gasteiger partial charge is 0.480 e. The number of benzene rings is 1. The van der Waals surface area contributed by atoms with E-state index in [0.717, 1.165) is 0 Å². The van der Waals surface area contributed by atoms with Crippen LogP contribution in [-0.2, 0) is 24.2 Å². The van der Waals surface area contributed by atoms with Crippen molar-refractivity contribution in [2.24, 2.45) is 0 Å². The number of hydrogen-bond donors (Lipinski definition) is 0.